The van der Waals surface area contributed by atoms with Crippen molar-refractivity contribution in [1.82, 2.24) is 0 Å². The van der Waals surface area contributed by atoms with Crippen molar-refractivity contribution in [2.45, 2.75) is 22.6 Å². The summed E-state index contributed by atoms with van der Waals surface area (Å²) in [5, 5.41) is 18.1. The van der Waals surface area contributed by atoms with Crippen LogP contribution in [-0.2, 0) is 36.5 Å². The van der Waals surface area contributed by atoms with Crippen molar-refractivity contribution in [1.29, 1.82) is 10.5 Å². The Kier molecular flexibility index (Phi) is 6.73. The van der Waals surface area contributed by atoms with Crippen molar-refractivity contribution in [3.63, 3.8) is 0 Å². The van der Waals surface area contributed by atoms with E-state index in [-0.39, 0.29) is 42.5 Å². The van der Waals surface area contributed by atoms with E-state index in [0.29, 0.717) is 18.4 Å². The van der Waals surface area contributed by atoms with E-state index < -0.39 is 30.1 Å². The first-order chi connectivity index (χ1) is 17.4. The Morgan fingerprint density at radius 2 is 1.24 bits per heavy atom. The van der Waals surface area contributed by atoms with E-state index in [2.05, 4.69) is 0 Å². The van der Waals surface area contributed by atoms with Crippen molar-refractivity contribution < 1.29 is 25.3 Å². The van der Waals surface area contributed by atoms with Gasteiger partial charge in [0.1, 0.15) is 0 Å². The molecule has 1 heterocycles. The number of aryl methyl sites for hydroxylation is 1. The third kappa shape index (κ3) is 4.89. The molecule has 0 saturated carbocycles. The Hall–Kier alpha value is -3.91. The number of anilines is 2. The predicted octanol–water partition coefficient (Wildman–Crippen LogP) is 2.73. The summed E-state index contributed by atoms with van der Waals surface area (Å²) in [4.78, 5) is -0.775. The topological polar surface area (TPSA) is 156 Å². The van der Waals surface area contributed by atoms with Crippen LogP contribution in [0.15, 0.2) is 76.5 Å². The predicted molar refractivity (Wildman–Crippen MR) is 136 cm³/mol. The highest BCUT2D eigenvalue weighted by Crippen LogP contribution is 2.37. The molecule has 37 heavy (non-hydrogen) atoms. The molecule has 0 unspecified atom stereocenters. The Balaban J connectivity index is 1.97. The average Bonchev–Trinajstić information content (AvgIpc) is 2.87. The highest BCUT2D eigenvalue weighted by atomic mass is 32.3. The molecule has 0 amide bonds. The van der Waals surface area contributed by atoms with Crippen molar-refractivity contribution in [2.75, 3.05) is 20.8 Å². The van der Waals surface area contributed by atoms with E-state index in [9.17, 15) is 25.3 Å². The molecular formula is C24H20N4O6S3. The lowest BCUT2D eigenvalue weighted by Gasteiger charge is -2.31. The van der Waals surface area contributed by atoms with Crippen molar-refractivity contribution in [2.24, 2.45) is 0 Å². The van der Waals surface area contributed by atoms with Crippen LogP contribution in [0.2, 0.25) is 0 Å². The van der Waals surface area contributed by atoms with Crippen LogP contribution < -0.4 is 8.02 Å². The molecule has 190 valence electrons. The third-order valence-electron chi connectivity index (χ3n) is 5.76. The van der Waals surface area contributed by atoms with Gasteiger partial charge in [-0.25, -0.2) is 25.3 Å². The van der Waals surface area contributed by atoms with Gasteiger partial charge in [-0.3, -0.25) is 4.31 Å². The molecule has 0 bridgehead atoms. The molecule has 13 heteroatoms. The number of sulfonamides is 3. The fourth-order valence-electron chi connectivity index (χ4n) is 3.99. The minimum atomic E-state index is -4.78. The summed E-state index contributed by atoms with van der Waals surface area (Å²) < 4.78 is 81.4. The van der Waals surface area contributed by atoms with Crippen LogP contribution in [0.1, 0.15) is 23.1 Å². The molecule has 0 aromatic heterocycles. The molecule has 0 aliphatic carbocycles. The van der Waals surface area contributed by atoms with Gasteiger partial charge in [0.15, 0.2) is 0 Å². The first kappa shape index (κ1) is 26.2. The van der Waals surface area contributed by atoms with Crippen LogP contribution in [0.3, 0.4) is 0 Å². The third-order valence-corrected chi connectivity index (χ3v) is 11.1. The minimum absolute atomic E-state index is 0.167. The second-order valence-electron chi connectivity index (χ2n) is 8.23. The van der Waals surface area contributed by atoms with Gasteiger partial charge >= 0.3 is 0 Å². The Morgan fingerprint density at radius 3 is 1.68 bits per heavy atom. The molecule has 3 aromatic rings. The fraction of sp³-hybridized carbons (Fsp3) is 0.167. The van der Waals surface area contributed by atoms with Crippen LogP contribution in [0.5, 0.6) is 0 Å². The minimum Gasteiger partial charge on any atom is -0.270 e. The van der Waals surface area contributed by atoms with Gasteiger partial charge in [0, 0.05) is 6.54 Å². The second-order valence-corrected chi connectivity index (χ2v) is 13.9. The molecule has 3 aromatic carbocycles. The Labute approximate surface area is 215 Å². The molecule has 0 saturated heterocycles. The Morgan fingerprint density at radius 1 is 0.757 bits per heavy atom. The van der Waals surface area contributed by atoms with E-state index in [1.54, 1.807) is 0 Å². The van der Waals surface area contributed by atoms with Gasteiger partial charge in [-0.15, -0.1) is 0 Å². The molecular weight excluding hydrogens is 536 g/mol. The van der Waals surface area contributed by atoms with Gasteiger partial charge in [-0.2, -0.15) is 14.2 Å². The molecule has 1 aliphatic rings. The Bertz CT molecular complexity index is 1680. The van der Waals surface area contributed by atoms with Crippen molar-refractivity contribution >= 4 is 41.4 Å². The molecule has 4 rings (SSSR count). The summed E-state index contributed by atoms with van der Waals surface area (Å²) in [7, 11) is -13.3. The molecule has 0 spiro atoms. The normalized spacial score (nSPS) is 13.8. The SMILES string of the molecule is CS(=O)(=O)N1CCCc2ccc(N(S(=O)(=O)c3ccc(C#N)cc3)S(=O)(=O)c3ccc(C#N)cc3)cc21. The fourth-order valence-corrected chi connectivity index (χ4v) is 8.65. The molecule has 0 radical (unpaired) electrons. The lowest BCUT2D eigenvalue weighted by Crippen LogP contribution is -2.38. The van der Waals surface area contributed by atoms with E-state index in [0.717, 1.165) is 34.8 Å². The van der Waals surface area contributed by atoms with Crippen LogP contribution >= 0.6 is 0 Å². The number of benzene rings is 3. The molecule has 0 fully saturated rings. The highest BCUT2D eigenvalue weighted by Gasteiger charge is 2.38. The number of nitriles is 2. The zero-order valence-electron chi connectivity index (χ0n) is 19.4. The largest absolute Gasteiger partial charge is 0.277 e. The van der Waals surface area contributed by atoms with Gasteiger partial charge < -0.3 is 0 Å². The van der Waals surface area contributed by atoms with Gasteiger partial charge in [0.25, 0.3) is 20.0 Å². The number of hydrogen-bond donors (Lipinski definition) is 0. The van der Waals surface area contributed by atoms with Crippen LogP contribution in [0.25, 0.3) is 0 Å². The molecule has 1 aliphatic heterocycles. The summed E-state index contributed by atoms with van der Waals surface area (Å²) >= 11 is 0. The second kappa shape index (κ2) is 9.52. The number of hydrogen-bond acceptors (Lipinski definition) is 8. The smallest absolute Gasteiger partial charge is 0.270 e. The quantitative estimate of drug-likeness (QED) is 0.449. The summed E-state index contributed by atoms with van der Waals surface area (Å²) in [5.41, 5.74) is 0.896. The maximum absolute atomic E-state index is 13.8. The molecule has 10 nitrogen and oxygen atoms in total. The van der Waals surface area contributed by atoms with Crippen LogP contribution in [-0.4, -0.2) is 38.1 Å². The van der Waals surface area contributed by atoms with Crippen LogP contribution in [0, 0.1) is 22.7 Å². The first-order valence-electron chi connectivity index (χ1n) is 10.8. The summed E-state index contributed by atoms with van der Waals surface area (Å²) in [6.45, 7) is 0.167. The van der Waals surface area contributed by atoms with E-state index in [4.69, 9.17) is 10.5 Å². The van der Waals surface area contributed by atoms with Gasteiger partial charge in [-0.1, -0.05) is 6.07 Å². The zero-order valence-corrected chi connectivity index (χ0v) is 21.9. The maximum Gasteiger partial charge on any atom is 0.277 e. The maximum atomic E-state index is 13.8. The summed E-state index contributed by atoms with van der Waals surface area (Å²) in [6, 6.07) is 17.3. The number of rotatable bonds is 6. The van der Waals surface area contributed by atoms with Crippen molar-refractivity contribution in [3.8, 4) is 12.1 Å². The number of nitrogens with zero attached hydrogens (tertiary/aromatic N) is 4. The van der Waals surface area contributed by atoms with Gasteiger partial charge in [0.05, 0.1) is 50.7 Å². The van der Waals surface area contributed by atoms with Crippen LogP contribution in [0.4, 0.5) is 11.4 Å². The monoisotopic (exact) mass is 556 g/mol. The highest BCUT2D eigenvalue weighted by molar-refractivity contribution is 8.10. The lowest BCUT2D eigenvalue weighted by molar-refractivity contribution is 0.584. The standard InChI is InChI=1S/C24H20N4O6S3/c1-35(29,30)27-14-2-3-20-8-9-21(15-24(20)27)28(36(31,32)22-10-4-18(16-25)5-11-22)37(33,34)23-12-6-19(17-26)7-13-23/h4-13,15H,2-3,14H2,1H3. The lowest BCUT2D eigenvalue weighted by atomic mass is 10.0. The average molecular weight is 557 g/mol. The van der Waals surface area contributed by atoms with Gasteiger partial charge in [-0.05, 0) is 79.1 Å². The van der Waals surface area contributed by atoms with E-state index in [1.807, 2.05) is 12.1 Å². The van der Waals surface area contributed by atoms with Crippen molar-refractivity contribution in [3.05, 3.63) is 83.4 Å². The first-order valence-corrected chi connectivity index (χ1v) is 15.5. The van der Waals surface area contributed by atoms with E-state index in [1.165, 1.54) is 42.5 Å². The molecule has 0 N–H and O–H groups in total. The zero-order chi connectivity index (χ0) is 27.0. The summed E-state index contributed by atoms with van der Waals surface area (Å²) in [6.07, 6.45) is 2.11. The van der Waals surface area contributed by atoms with Gasteiger partial charge in [0.2, 0.25) is 10.0 Å². The summed E-state index contributed by atoms with van der Waals surface area (Å²) in [5.74, 6) is 0. The van der Waals surface area contributed by atoms with E-state index >= 15 is 0 Å². The number of fused-ring (bicyclic) bond motifs is 1. The molecule has 0 atom stereocenters.